The van der Waals surface area contributed by atoms with Gasteiger partial charge in [0.1, 0.15) is 0 Å². The normalized spacial score (nSPS) is 13.1. The van der Waals surface area contributed by atoms with Crippen LogP contribution in [-0.4, -0.2) is 43.6 Å². The number of ether oxygens (including phenoxy) is 3. The first-order chi connectivity index (χ1) is 14.1. The first-order valence-electron chi connectivity index (χ1n) is 9.54. The predicted molar refractivity (Wildman–Crippen MR) is 110 cm³/mol. The molecule has 0 radical (unpaired) electrons. The molecule has 1 heterocycles. The summed E-state index contributed by atoms with van der Waals surface area (Å²) in [5.41, 5.74) is 3.36. The summed E-state index contributed by atoms with van der Waals surface area (Å²) >= 11 is 0. The zero-order valence-electron chi connectivity index (χ0n) is 16.7. The Hall–Kier alpha value is -3.28. The van der Waals surface area contributed by atoms with Crippen LogP contribution in [0, 0.1) is 0 Å². The van der Waals surface area contributed by atoms with Crippen LogP contribution in [0.4, 0.5) is 0 Å². The van der Waals surface area contributed by atoms with Crippen LogP contribution in [0.3, 0.4) is 0 Å². The van der Waals surface area contributed by atoms with Gasteiger partial charge in [0.15, 0.2) is 24.7 Å². The van der Waals surface area contributed by atoms with Gasteiger partial charge in [0, 0.05) is 13.1 Å². The maximum absolute atomic E-state index is 12.4. The molecule has 0 bridgehead atoms. The van der Waals surface area contributed by atoms with Gasteiger partial charge in [-0.05, 0) is 42.2 Å². The molecule has 29 heavy (non-hydrogen) atoms. The highest BCUT2D eigenvalue weighted by Gasteiger charge is 2.21. The van der Waals surface area contributed by atoms with E-state index in [9.17, 15) is 9.59 Å². The molecule has 6 heteroatoms. The highest BCUT2D eigenvalue weighted by molar-refractivity contribution is 5.81. The maximum Gasteiger partial charge on any atom is 0.344 e. The molecule has 0 N–H and O–H groups in total. The molecule has 152 valence electrons. The van der Waals surface area contributed by atoms with Crippen LogP contribution in [0.15, 0.2) is 48.5 Å². The first-order valence-corrected chi connectivity index (χ1v) is 9.54. The Morgan fingerprint density at radius 3 is 2.62 bits per heavy atom. The topological polar surface area (TPSA) is 65.1 Å². The highest BCUT2D eigenvalue weighted by atomic mass is 16.6. The van der Waals surface area contributed by atoms with Crippen molar-refractivity contribution in [3.8, 4) is 11.5 Å². The van der Waals surface area contributed by atoms with E-state index in [1.54, 1.807) is 11.0 Å². The molecule has 0 saturated carbocycles. The first kappa shape index (κ1) is 20.5. The summed E-state index contributed by atoms with van der Waals surface area (Å²) in [6, 6.07) is 13.5. The van der Waals surface area contributed by atoms with E-state index in [1.165, 1.54) is 12.7 Å². The Balaban J connectivity index is 1.47. The van der Waals surface area contributed by atoms with Crippen LogP contribution in [-0.2, 0) is 27.3 Å². The van der Waals surface area contributed by atoms with Gasteiger partial charge in [0.2, 0.25) is 0 Å². The van der Waals surface area contributed by atoms with E-state index in [0.29, 0.717) is 24.6 Å². The van der Waals surface area contributed by atoms with Gasteiger partial charge < -0.3 is 19.1 Å². The Bertz CT molecular complexity index is 906. The fourth-order valence-electron chi connectivity index (χ4n) is 3.22. The van der Waals surface area contributed by atoms with Crippen molar-refractivity contribution >= 4 is 18.0 Å². The van der Waals surface area contributed by atoms with Gasteiger partial charge in [-0.25, -0.2) is 4.79 Å². The molecule has 2 aromatic rings. The fraction of sp³-hybridized carbons (Fsp3) is 0.304. The number of methoxy groups -OCH3 is 1. The molecule has 0 fully saturated rings. The zero-order chi connectivity index (χ0) is 20.6. The third kappa shape index (κ3) is 5.38. The number of benzene rings is 2. The number of fused-ring (bicyclic) bond motifs is 1. The second-order valence-electron chi connectivity index (χ2n) is 6.69. The van der Waals surface area contributed by atoms with Gasteiger partial charge in [-0.15, -0.1) is 0 Å². The summed E-state index contributed by atoms with van der Waals surface area (Å²) in [6.07, 6.45) is 4.66. The van der Waals surface area contributed by atoms with Crippen LogP contribution in [0.1, 0.15) is 23.6 Å². The van der Waals surface area contributed by atoms with Gasteiger partial charge in [0.05, 0.1) is 7.11 Å². The van der Waals surface area contributed by atoms with Crippen molar-refractivity contribution in [2.75, 3.05) is 26.9 Å². The van der Waals surface area contributed by atoms with Crippen LogP contribution in [0.5, 0.6) is 11.5 Å². The monoisotopic (exact) mass is 395 g/mol. The summed E-state index contributed by atoms with van der Waals surface area (Å²) in [5.74, 6) is 0.157. The van der Waals surface area contributed by atoms with E-state index < -0.39 is 5.97 Å². The predicted octanol–water partition coefficient (Wildman–Crippen LogP) is 3.24. The molecule has 0 aliphatic carbocycles. The van der Waals surface area contributed by atoms with E-state index >= 15 is 0 Å². The number of allylic oxidation sites excluding steroid dienone is 1. The van der Waals surface area contributed by atoms with E-state index in [2.05, 4.69) is 6.07 Å². The number of hydrogen-bond acceptors (Lipinski definition) is 5. The van der Waals surface area contributed by atoms with Crippen molar-refractivity contribution in [2.24, 2.45) is 0 Å². The lowest BCUT2D eigenvalue weighted by molar-refractivity contribution is -0.154. The molecule has 3 rings (SSSR count). The third-order valence-electron chi connectivity index (χ3n) is 4.73. The molecule has 6 nitrogen and oxygen atoms in total. The number of amides is 1. The summed E-state index contributed by atoms with van der Waals surface area (Å²) in [6.45, 7) is 2.51. The van der Waals surface area contributed by atoms with Gasteiger partial charge in [-0.2, -0.15) is 0 Å². The fourth-order valence-corrected chi connectivity index (χ4v) is 3.22. The lowest BCUT2D eigenvalue weighted by atomic mass is 10.00. The van der Waals surface area contributed by atoms with Crippen molar-refractivity contribution in [1.82, 2.24) is 4.90 Å². The summed E-state index contributed by atoms with van der Waals surface area (Å²) in [7, 11) is 1.54. The van der Waals surface area contributed by atoms with Gasteiger partial charge in [-0.3, -0.25) is 4.79 Å². The summed E-state index contributed by atoms with van der Waals surface area (Å²) in [4.78, 5) is 26.1. The van der Waals surface area contributed by atoms with Gasteiger partial charge in [-0.1, -0.05) is 42.5 Å². The van der Waals surface area contributed by atoms with Crippen molar-refractivity contribution < 1.29 is 23.8 Å². The molecule has 2 aromatic carbocycles. The van der Waals surface area contributed by atoms with Crippen LogP contribution in [0.2, 0.25) is 0 Å². The quantitative estimate of drug-likeness (QED) is 0.674. The average molecular weight is 395 g/mol. The largest absolute Gasteiger partial charge is 0.493 e. The Kier molecular flexibility index (Phi) is 6.89. The van der Waals surface area contributed by atoms with Crippen molar-refractivity contribution in [1.29, 1.82) is 0 Å². The Morgan fingerprint density at radius 2 is 1.86 bits per heavy atom. The number of carbonyl (C=O) groups is 2. The minimum absolute atomic E-state index is 0.207. The van der Waals surface area contributed by atoms with Crippen LogP contribution in [0.25, 0.3) is 6.08 Å². The van der Waals surface area contributed by atoms with E-state index in [-0.39, 0.29) is 19.1 Å². The molecule has 0 atom stereocenters. The lowest BCUT2D eigenvalue weighted by Crippen LogP contribution is -2.38. The zero-order valence-corrected chi connectivity index (χ0v) is 16.7. The van der Waals surface area contributed by atoms with Crippen molar-refractivity contribution in [3.63, 3.8) is 0 Å². The molecular weight excluding hydrogens is 370 g/mol. The molecule has 0 unspecified atom stereocenters. The van der Waals surface area contributed by atoms with Crippen LogP contribution < -0.4 is 9.47 Å². The molecule has 1 aliphatic rings. The van der Waals surface area contributed by atoms with Crippen molar-refractivity contribution in [3.05, 3.63) is 65.2 Å². The SMILES string of the molecule is C/C=C/c1ccc(OCC(=O)OCC(=O)N2CCc3ccccc3C2)c(OC)c1. The molecule has 1 amide bonds. The third-order valence-corrected chi connectivity index (χ3v) is 4.73. The highest BCUT2D eigenvalue weighted by Crippen LogP contribution is 2.28. The minimum Gasteiger partial charge on any atom is -0.493 e. The van der Waals surface area contributed by atoms with Crippen molar-refractivity contribution in [2.45, 2.75) is 19.9 Å². The number of rotatable bonds is 7. The Morgan fingerprint density at radius 1 is 1.07 bits per heavy atom. The molecule has 0 aromatic heterocycles. The molecule has 1 aliphatic heterocycles. The number of hydrogen-bond donors (Lipinski definition) is 0. The lowest BCUT2D eigenvalue weighted by Gasteiger charge is -2.28. The number of nitrogens with zero attached hydrogens (tertiary/aromatic N) is 1. The second kappa shape index (κ2) is 9.78. The van der Waals surface area contributed by atoms with E-state index in [0.717, 1.165) is 17.5 Å². The standard InChI is InChI=1S/C23H25NO5/c1-3-6-17-9-10-20(21(13-17)27-2)28-16-23(26)29-15-22(25)24-12-11-18-7-4-5-8-19(18)14-24/h3-10,13H,11-12,14-16H2,1-2H3/b6-3+. The van der Waals surface area contributed by atoms with E-state index in [1.807, 2.05) is 49.4 Å². The Labute approximate surface area is 170 Å². The van der Waals surface area contributed by atoms with Gasteiger partial charge in [0.25, 0.3) is 5.91 Å². The molecular formula is C23H25NO5. The maximum atomic E-state index is 12.4. The number of carbonyl (C=O) groups excluding carboxylic acids is 2. The van der Waals surface area contributed by atoms with Gasteiger partial charge >= 0.3 is 5.97 Å². The summed E-state index contributed by atoms with van der Waals surface area (Å²) < 4.78 is 15.9. The van der Waals surface area contributed by atoms with E-state index in [4.69, 9.17) is 14.2 Å². The average Bonchev–Trinajstić information content (AvgIpc) is 2.76. The second-order valence-corrected chi connectivity index (χ2v) is 6.69. The summed E-state index contributed by atoms with van der Waals surface area (Å²) in [5, 5.41) is 0. The molecule has 0 spiro atoms. The molecule has 0 saturated heterocycles. The minimum atomic E-state index is -0.602. The number of esters is 1. The van der Waals surface area contributed by atoms with Crippen LogP contribution >= 0.6 is 0 Å². The smallest absolute Gasteiger partial charge is 0.344 e.